The van der Waals surface area contributed by atoms with Gasteiger partial charge in [-0.1, -0.05) is 0 Å². The van der Waals surface area contributed by atoms with Gasteiger partial charge in [0.1, 0.15) is 24.6 Å². The Morgan fingerprint density at radius 3 is 2.85 bits per heavy atom. The minimum atomic E-state index is -0.722. The Balaban J connectivity index is 1.52. The van der Waals surface area contributed by atoms with Gasteiger partial charge in [0.2, 0.25) is 0 Å². The molecule has 5 rings (SSSR count). The van der Waals surface area contributed by atoms with Gasteiger partial charge in [-0.3, -0.25) is 4.57 Å². The first-order valence-corrected chi connectivity index (χ1v) is 9.07. The third kappa shape index (κ3) is 2.86. The Morgan fingerprint density at radius 2 is 2.07 bits per heavy atom. The van der Waals surface area contributed by atoms with Gasteiger partial charge in [0.15, 0.2) is 29.0 Å². The Kier molecular flexibility index (Phi) is 3.69. The molecule has 2 aliphatic heterocycles. The van der Waals surface area contributed by atoms with Crippen LogP contribution in [0.1, 0.15) is 32.9 Å². The second-order valence-corrected chi connectivity index (χ2v) is 7.51. The molecular formula is C18H20N6O3. The fourth-order valence-corrected chi connectivity index (χ4v) is 3.69. The maximum atomic E-state index is 8.86. The molecule has 0 aromatic carbocycles. The lowest BCUT2D eigenvalue weighted by atomic mass is 10.1. The molecular weight excluding hydrogens is 348 g/mol. The topological polar surface area (TPSA) is 107 Å². The van der Waals surface area contributed by atoms with E-state index in [-0.39, 0.29) is 18.3 Å². The molecule has 140 valence electrons. The summed E-state index contributed by atoms with van der Waals surface area (Å²) in [7, 11) is 0. The highest BCUT2D eigenvalue weighted by atomic mass is 16.8. The van der Waals surface area contributed by atoms with Crippen molar-refractivity contribution < 1.29 is 14.2 Å². The highest BCUT2D eigenvalue weighted by Gasteiger charge is 2.55. The van der Waals surface area contributed by atoms with Crippen LogP contribution in [0.5, 0.6) is 0 Å². The molecule has 4 heterocycles. The van der Waals surface area contributed by atoms with E-state index >= 15 is 0 Å². The maximum absolute atomic E-state index is 8.86. The van der Waals surface area contributed by atoms with Crippen LogP contribution in [0.4, 0.5) is 5.82 Å². The van der Waals surface area contributed by atoms with Crippen LogP contribution in [-0.2, 0) is 14.2 Å². The first-order chi connectivity index (χ1) is 13.1. The van der Waals surface area contributed by atoms with Gasteiger partial charge in [0.25, 0.3) is 0 Å². The standard InChI is InChI=1S/C18H20N6O3/c1-18(2)26-13-11(4-3-7-19)25-17(14(13)27-18)24-9-22-12-15(23-10-5-6-10)20-8-21-16(12)24/h3-4,8-11,13-14,17H,5-6H2,1-2H3,(H,20,21,23)/b4-3+/t11-,13-,14-,17-/m1/s1. The van der Waals surface area contributed by atoms with Crippen LogP contribution in [0.15, 0.2) is 24.8 Å². The lowest BCUT2D eigenvalue weighted by Gasteiger charge is -2.23. The van der Waals surface area contributed by atoms with Gasteiger partial charge in [-0.15, -0.1) is 0 Å². The van der Waals surface area contributed by atoms with Gasteiger partial charge >= 0.3 is 0 Å². The van der Waals surface area contributed by atoms with Crippen molar-refractivity contribution in [3.63, 3.8) is 0 Å². The molecule has 1 N–H and O–H groups in total. The predicted octanol–water partition coefficient (Wildman–Crippen LogP) is 1.90. The summed E-state index contributed by atoms with van der Waals surface area (Å²) in [5.74, 6) is 0.0146. The molecule has 27 heavy (non-hydrogen) atoms. The van der Waals surface area contributed by atoms with Crippen molar-refractivity contribution in [2.75, 3.05) is 5.32 Å². The Hall–Kier alpha value is -2.54. The van der Waals surface area contributed by atoms with E-state index in [1.54, 1.807) is 12.4 Å². The van der Waals surface area contributed by atoms with Gasteiger partial charge in [0, 0.05) is 12.1 Å². The number of anilines is 1. The maximum Gasteiger partial charge on any atom is 0.167 e. The second-order valence-electron chi connectivity index (χ2n) is 7.51. The molecule has 9 nitrogen and oxygen atoms in total. The molecule has 3 aliphatic rings. The van der Waals surface area contributed by atoms with Gasteiger partial charge in [-0.25, -0.2) is 15.0 Å². The van der Waals surface area contributed by atoms with Gasteiger partial charge in [0.05, 0.1) is 12.4 Å². The van der Waals surface area contributed by atoms with Crippen molar-refractivity contribution in [1.29, 1.82) is 5.26 Å². The quantitative estimate of drug-likeness (QED) is 0.816. The average Bonchev–Trinajstić information content (AvgIpc) is 3.12. The molecule has 0 spiro atoms. The first-order valence-electron chi connectivity index (χ1n) is 9.07. The van der Waals surface area contributed by atoms with Crippen LogP contribution in [-0.4, -0.2) is 49.7 Å². The number of nitrogens with one attached hydrogen (secondary N) is 1. The summed E-state index contributed by atoms with van der Waals surface area (Å²) < 4.78 is 20.1. The van der Waals surface area contributed by atoms with Crippen molar-refractivity contribution in [3.8, 4) is 6.07 Å². The Bertz CT molecular complexity index is 944. The van der Waals surface area contributed by atoms with E-state index in [0.29, 0.717) is 17.2 Å². The molecule has 2 saturated heterocycles. The lowest BCUT2D eigenvalue weighted by molar-refractivity contribution is -0.191. The molecule has 0 bridgehead atoms. The van der Waals surface area contributed by atoms with Gasteiger partial charge in [-0.05, 0) is 32.8 Å². The third-order valence-electron chi connectivity index (χ3n) is 4.98. The number of hydrogen-bond donors (Lipinski definition) is 1. The van der Waals surface area contributed by atoms with E-state index in [9.17, 15) is 0 Å². The first kappa shape index (κ1) is 16.6. The number of fused-ring (bicyclic) bond motifs is 2. The number of rotatable bonds is 4. The van der Waals surface area contributed by atoms with E-state index in [4.69, 9.17) is 19.5 Å². The summed E-state index contributed by atoms with van der Waals surface area (Å²) in [5.41, 5.74) is 1.38. The van der Waals surface area contributed by atoms with Crippen LogP contribution in [0.25, 0.3) is 11.2 Å². The fourth-order valence-electron chi connectivity index (χ4n) is 3.69. The lowest BCUT2D eigenvalue weighted by Crippen LogP contribution is -2.28. The monoisotopic (exact) mass is 368 g/mol. The van der Waals surface area contributed by atoms with Crippen molar-refractivity contribution >= 4 is 17.0 Å². The van der Waals surface area contributed by atoms with Crippen molar-refractivity contribution in [2.45, 2.75) is 63.1 Å². The highest BCUT2D eigenvalue weighted by molar-refractivity contribution is 5.83. The number of imidazole rings is 1. The Labute approximate surface area is 156 Å². The molecule has 0 amide bonds. The molecule has 9 heteroatoms. The number of allylic oxidation sites excluding steroid dienone is 1. The fraction of sp³-hybridized carbons (Fsp3) is 0.556. The summed E-state index contributed by atoms with van der Waals surface area (Å²) in [6, 6.07) is 2.47. The van der Waals surface area contributed by atoms with E-state index in [1.165, 1.54) is 12.4 Å². The smallest absolute Gasteiger partial charge is 0.167 e. The molecule has 1 saturated carbocycles. The van der Waals surface area contributed by atoms with Gasteiger partial charge < -0.3 is 19.5 Å². The average molecular weight is 368 g/mol. The van der Waals surface area contributed by atoms with E-state index in [2.05, 4.69) is 20.3 Å². The van der Waals surface area contributed by atoms with Crippen LogP contribution >= 0.6 is 0 Å². The summed E-state index contributed by atoms with van der Waals surface area (Å²) >= 11 is 0. The van der Waals surface area contributed by atoms with E-state index < -0.39 is 12.0 Å². The molecule has 3 fully saturated rings. The van der Waals surface area contributed by atoms with Crippen LogP contribution in [0, 0.1) is 11.3 Å². The normalized spacial score (nSPS) is 32.0. The summed E-state index contributed by atoms with van der Waals surface area (Å²) in [6.07, 6.45) is 7.15. The van der Waals surface area contributed by atoms with Crippen molar-refractivity contribution in [3.05, 3.63) is 24.8 Å². The number of aromatic nitrogens is 4. The molecule has 0 unspecified atom stereocenters. The highest BCUT2D eigenvalue weighted by Crippen LogP contribution is 2.44. The summed E-state index contributed by atoms with van der Waals surface area (Å²) in [4.78, 5) is 13.3. The number of ether oxygens (including phenoxy) is 3. The second kappa shape index (κ2) is 5.99. The SMILES string of the molecule is CC1(C)O[C@@H]2[C@H](O1)[C@@H](/C=C/C#N)O[C@H]2n1cnc2c(NC3CC3)ncnc21. The zero-order valence-electron chi connectivity index (χ0n) is 15.1. The molecule has 0 radical (unpaired) electrons. The zero-order valence-corrected chi connectivity index (χ0v) is 15.1. The molecule has 4 atom stereocenters. The summed E-state index contributed by atoms with van der Waals surface area (Å²) in [6.45, 7) is 3.75. The Morgan fingerprint density at radius 1 is 1.26 bits per heavy atom. The van der Waals surface area contributed by atoms with E-state index in [0.717, 1.165) is 18.7 Å². The van der Waals surface area contributed by atoms with Crippen molar-refractivity contribution in [1.82, 2.24) is 19.5 Å². The van der Waals surface area contributed by atoms with Crippen molar-refractivity contribution in [2.24, 2.45) is 0 Å². The van der Waals surface area contributed by atoms with Gasteiger partial charge in [-0.2, -0.15) is 5.26 Å². The zero-order chi connectivity index (χ0) is 18.6. The van der Waals surface area contributed by atoms with Crippen LogP contribution < -0.4 is 5.32 Å². The van der Waals surface area contributed by atoms with Crippen LogP contribution in [0.2, 0.25) is 0 Å². The minimum Gasteiger partial charge on any atom is -0.365 e. The minimum absolute atomic E-state index is 0.307. The van der Waals surface area contributed by atoms with E-state index in [1.807, 2.05) is 24.5 Å². The number of nitrogens with zero attached hydrogens (tertiary/aromatic N) is 5. The largest absolute Gasteiger partial charge is 0.365 e. The molecule has 2 aromatic rings. The molecule has 1 aliphatic carbocycles. The number of nitriles is 1. The predicted molar refractivity (Wildman–Crippen MR) is 94.5 cm³/mol. The third-order valence-corrected chi connectivity index (χ3v) is 4.98. The number of hydrogen-bond acceptors (Lipinski definition) is 8. The summed E-state index contributed by atoms with van der Waals surface area (Å²) in [5, 5.41) is 12.3. The van der Waals surface area contributed by atoms with Crippen LogP contribution in [0.3, 0.4) is 0 Å². The molecule has 2 aromatic heterocycles.